The summed E-state index contributed by atoms with van der Waals surface area (Å²) in [6.07, 6.45) is 3.22. The quantitative estimate of drug-likeness (QED) is 0.853. The Balaban J connectivity index is 2.29. The van der Waals surface area contributed by atoms with Crippen molar-refractivity contribution >= 4 is 27.5 Å². The van der Waals surface area contributed by atoms with E-state index in [0.29, 0.717) is 5.56 Å². The third-order valence-electron chi connectivity index (χ3n) is 2.52. The molecule has 2 rings (SSSR count). The van der Waals surface area contributed by atoms with Gasteiger partial charge in [0.2, 0.25) is 0 Å². The number of amides is 1. The molecule has 3 nitrogen and oxygen atoms in total. The van der Waals surface area contributed by atoms with E-state index in [1.54, 1.807) is 31.6 Å². The molecular formula is C13H10BrFN2O. The summed E-state index contributed by atoms with van der Waals surface area (Å²) in [6.45, 7) is 0. The molecule has 0 fully saturated rings. The standard InChI is InChI=1S/C13H10BrFN2O/c1-17(10-4-6-16-7-5-10)13(18)9-2-3-12(15)11(14)8-9/h2-8H,1H3. The summed E-state index contributed by atoms with van der Waals surface area (Å²) >= 11 is 3.06. The van der Waals surface area contributed by atoms with Gasteiger partial charge in [-0.2, -0.15) is 0 Å². The van der Waals surface area contributed by atoms with Crippen molar-refractivity contribution in [1.29, 1.82) is 0 Å². The fraction of sp³-hybridized carbons (Fsp3) is 0.0769. The van der Waals surface area contributed by atoms with Crippen LogP contribution in [0.5, 0.6) is 0 Å². The van der Waals surface area contributed by atoms with Gasteiger partial charge in [0.25, 0.3) is 5.91 Å². The molecule has 0 spiro atoms. The first kappa shape index (κ1) is 12.7. The molecule has 2 aromatic rings. The van der Waals surface area contributed by atoms with Gasteiger partial charge < -0.3 is 4.90 Å². The first-order chi connectivity index (χ1) is 8.59. The molecule has 0 aliphatic heterocycles. The number of aromatic nitrogens is 1. The van der Waals surface area contributed by atoms with Gasteiger partial charge >= 0.3 is 0 Å². The molecule has 0 N–H and O–H groups in total. The number of pyridine rings is 1. The lowest BCUT2D eigenvalue weighted by molar-refractivity contribution is 0.0993. The molecule has 1 amide bonds. The molecule has 0 saturated heterocycles. The normalized spacial score (nSPS) is 10.2. The first-order valence-electron chi connectivity index (χ1n) is 5.22. The van der Waals surface area contributed by atoms with Crippen LogP contribution in [0.3, 0.4) is 0 Å². The van der Waals surface area contributed by atoms with Crippen LogP contribution in [-0.2, 0) is 0 Å². The lowest BCUT2D eigenvalue weighted by Gasteiger charge is -2.17. The summed E-state index contributed by atoms with van der Waals surface area (Å²) in [5.41, 5.74) is 1.15. The number of hydrogen-bond acceptors (Lipinski definition) is 2. The molecule has 0 unspecified atom stereocenters. The highest BCUT2D eigenvalue weighted by atomic mass is 79.9. The van der Waals surface area contributed by atoms with E-state index in [1.807, 2.05) is 0 Å². The zero-order valence-corrected chi connectivity index (χ0v) is 11.2. The van der Waals surface area contributed by atoms with Gasteiger partial charge in [-0.25, -0.2) is 4.39 Å². The van der Waals surface area contributed by atoms with Crippen LogP contribution in [0.25, 0.3) is 0 Å². The van der Waals surface area contributed by atoms with Gasteiger partial charge in [-0.3, -0.25) is 9.78 Å². The molecule has 0 aliphatic carbocycles. The van der Waals surface area contributed by atoms with Crippen LogP contribution in [-0.4, -0.2) is 17.9 Å². The summed E-state index contributed by atoms with van der Waals surface area (Å²) in [7, 11) is 1.66. The Morgan fingerprint density at radius 1 is 1.28 bits per heavy atom. The number of halogens is 2. The Labute approximate surface area is 112 Å². The van der Waals surface area contributed by atoms with E-state index in [-0.39, 0.29) is 10.4 Å². The minimum Gasteiger partial charge on any atom is -0.311 e. The number of carbonyl (C=O) groups excluding carboxylic acids is 1. The molecule has 1 aromatic heterocycles. The highest BCUT2D eigenvalue weighted by molar-refractivity contribution is 9.10. The Bertz CT molecular complexity index is 574. The van der Waals surface area contributed by atoms with E-state index in [4.69, 9.17) is 0 Å². The Hall–Kier alpha value is -1.75. The molecule has 18 heavy (non-hydrogen) atoms. The number of benzene rings is 1. The number of rotatable bonds is 2. The largest absolute Gasteiger partial charge is 0.311 e. The topological polar surface area (TPSA) is 33.2 Å². The highest BCUT2D eigenvalue weighted by Crippen LogP contribution is 2.19. The van der Waals surface area contributed by atoms with Gasteiger partial charge in [-0.15, -0.1) is 0 Å². The molecule has 0 aliphatic rings. The van der Waals surface area contributed by atoms with Crippen molar-refractivity contribution in [3.8, 4) is 0 Å². The molecule has 0 radical (unpaired) electrons. The van der Waals surface area contributed by atoms with Gasteiger partial charge in [-0.1, -0.05) is 0 Å². The van der Waals surface area contributed by atoms with Gasteiger partial charge in [0.1, 0.15) is 5.82 Å². The number of nitrogens with zero attached hydrogens (tertiary/aromatic N) is 2. The van der Waals surface area contributed by atoms with E-state index in [0.717, 1.165) is 5.69 Å². The minimum absolute atomic E-state index is 0.207. The molecule has 5 heteroatoms. The highest BCUT2D eigenvalue weighted by Gasteiger charge is 2.14. The van der Waals surface area contributed by atoms with Gasteiger partial charge in [-0.05, 0) is 46.3 Å². The Morgan fingerprint density at radius 2 is 1.94 bits per heavy atom. The number of carbonyl (C=O) groups is 1. The van der Waals surface area contributed by atoms with Gasteiger partial charge in [0, 0.05) is 30.7 Å². The second-order valence-corrected chi connectivity index (χ2v) is 4.55. The maximum absolute atomic E-state index is 13.1. The molecule has 92 valence electrons. The number of hydrogen-bond donors (Lipinski definition) is 0. The summed E-state index contributed by atoms with van der Waals surface area (Å²) in [5.74, 6) is -0.597. The zero-order chi connectivity index (χ0) is 13.1. The Kier molecular flexibility index (Phi) is 3.72. The molecular weight excluding hydrogens is 299 g/mol. The van der Waals surface area contributed by atoms with E-state index in [2.05, 4.69) is 20.9 Å². The molecule has 1 aromatic carbocycles. The monoisotopic (exact) mass is 308 g/mol. The lowest BCUT2D eigenvalue weighted by atomic mass is 10.2. The van der Waals surface area contributed by atoms with Crippen LogP contribution in [0.15, 0.2) is 47.2 Å². The third-order valence-corrected chi connectivity index (χ3v) is 3.13. The average Bonchev–Trinajstić information content (AvgIpc) is 2.41. The van der Waals surface area contributed by atoms with E-state index in [9.17, 15) is 9.18 Å². The number of anilines is 1. The molecule has 0 bridgehead atoms. The predicted molar refractivity (Wildman–Crippen MR) is 71.1 cm³/mol. The summed E-state index contributed by atoms with van der Waals surface area (Å²) in [5, 5.41) is 0. The van der Waals surface area contributed by atoms with Crippen LogP contribution < -0.4 is 4.90 Å². The van der Waals surface area contributed by atoms with Crippen LogP contribution in [0.4, 0.5) is 10.1 Å². The van der Waals surface area contributed by atoms with Gasteiger partial charge in [0.15, 0.2) is 0 Å². The van der Waals surface area contributed by atoms with E-state index in [1.165, 1.54) is 23.1 Å². The maximum Gasteiger partial charge on any atom is 0.258 e. The van der Waals surface area contributed by atoms with Crippen molar-refractivity contribution in [3.05, 3.63) is 58.6 Å². The molecule has 0 saturated carbocycles. The van der Waals surface area contributed by atoms with Crippen LogP contribution in [0.1, 0.15) is 10.4 Å². The Morgan fingerprint density at radius 3 is 2.56 bits per heavy atom. The smallest absolute Gasteiger partial charge is 0.258 e. The second-order valence-electron chi connectivity index (χ2n) is 3.70. The van der Waals surface area contributed by atoms with Crippen molar-refractivity contribution in [3.63, 3.8) is 0 Å². The predicted octanol–water partition coefficient (Wildman–Crippen LogP) is 3.26. The first-order valence-corrected chi connectivity index (χ1v) is 6.02. The van der Waals surface area contributed by atoms with Crippen molar-refractivity contribution in [2.45, 2.75) is 0 Å². The second kappa shape index (κ2) is 5.27. The summed E-state index contributed by atoms with van der Waals surface area (Å²) < 4.78 is 13.4. The zero-order valence-electron chi connectivity index (χ0n) is 9.60. The van der Waals surface area contributed by atoms with Crippen LogP contribution in [0.2, 0.25) is 0 Å². The van der Waals surface area contributed by atoms with Gasteiger partial charge in [0.05, 0.1) is 4.47 Å². The van der Waals surface area contributed by atoms with Crippen LogP contribution in [0, 0.1) is 5.82 Å². The van der Waals surface area contributed by atoms with E-state index >= 15 is 0 Å². The van der Waals surface area contributed by atoms with Crippen molar-refractivity contribution in [1.82, 2.24) is 4.98 Å². The van der Waals surface area contributed by atoms with Crippen molar-refractivity contribution in [2.24, 2.45) is 0 Å². The maximum atomic E-state index is 13.1. The van der Waals surface area contributed by atoms with Crippen LogP contribution >= 0.6 is 15.9 Å². The summed E-state index contributed by atoms with van der Waals surface area (Å²) in [4.78, 5) is 17.5. The molecule has 1 heterocycles. The third kappa shape index (κ3) is 2.56. The average molecular weight is 309 g/mol. The fourth-order valence-corrected chi connectivity index (χ4v) is 1.89. The lowest BCUT2D eigenvalue weighted by Crippen LogP contribution is -2.26. The summed E-state index contributed by atoms with van der Waals surface area (Å²) in [6, 6.07) is 7.65. The minimum atomic E-state index is -0.391. The fourth-order valence-electron chi connectivity index (χ4n) is 1.51. The molecule has 0 atom stereocenters. The van der Waals surface area contributed by atoms with Crippen molar-refractivity contribution in [2.75, 3.05) is 11.9 Å². The van der Waals surface area contributed by atoms with E-state index < -0.39 is 5.82 Å². The SMILES string of the molecule is CN(C(=O)c1ccc(F)c(Br)c1)c1ccncc1. The van der Waals surface area contributed by atoms with Crippen molar-refractivity contribution < 1.29 is 9.18 Å².